The highest BCUT2D eigenvalue weighted by Crippen LogP contribution is 2.34. The van der Waals surface area contributed by atoms with Crippen LogP contribution in [-0.4, -0.2) is 42.9 Å². The second kappa shape index (κ2) is 7.93. The number of piperazine rings is 1. The van der Waals surface area contributed by atoms with Crippen molar-refractivity contribution in [1.82, 2.24) is 10.2 Å². The molecule has 1 aliphatic heterocycles. The summed E-state index contributed by atoms with van der Waals surface area (Å²) in [5, 5.41) is 6.98. The van der Waals surface area contributed by atoms with Crippen LogP contribution in [0.1, 0.15) is 47.5 Å². The molecular formula is C17H27N3O2S. The van der Waals surface area contributed by atoms with E-state index < -0.39 is 0 Å². The predicted molar refractivity (Wildman–Crippen MR) is 95.3 cm³/mol. The van der Waals surface area contributed by atoms with E-state index in [1.807, 2.05) is 32.6 Å². The van der Waals surface area contributed by atoms with Crippen molar-refractivity contribution in [1.29, 1.82) is 0 Å². The van der Waals surface area contributed by atoms with E-state index in [4.69, 9.17) is 0 Å². The van der Waals surface area contributed by atoms with Crippen molar-refractivity contribution < 1.29 is 9.59 Å². The smallest absolute Gasteiger partial charge is 0.257 e. The summed E-state index contributed by atoms with van der Waals surface area (Å²) in [6.45, 7) is 11.1. The zero-order chi connectivity index (χ0) is 17.0. The number of carbonyl (C=O) groups excluding carboxylic acids is 2. The van der Waals surface area contributed by atoms with Crippen molar-refractivity contribution >= 4 is 28.2 Å². The summed E-state index contributed by atoms with van der Waals surface area (Å²) < 4.78 is 0. The lowest BCUT2D eigenvalue weighted by Crippen LogP contribution is -2.46. The fourth-order valence-electron chi connectivity index (χ4n) is 2.87. The Balaban J connectivity index is 2.25. The SMILES string of the molecule is CCC(CC)C(=O)Nc1sc(C)c(C)c1C(=O)N1CCNCC1. The quantitative estimate of drug-likeness (QED) is 0.868. The van der Waals surface area contributed by atoms with Gasteiger partial charge in [-0.05, 0) is 32.3 Å². The maximum absolute atomic E-state index is 12.9. The van der Waals surface area contributed by atoms with Gasteiger partial charge >= 0.3 is 0 Å². The topological polar surface area (TPSA) is 61.4 Å². The monoisotopic (exact) mass is 337 g/mol. The third kappa shape index (κ3) is 3.93. The van der Waals surface area contributed by atoms with Gasteiger partial charge in [-0.25, -0.2) is 0 Å². The van der Waals surface area contributed by atoms with Gasteiger partial charge < -0.3 is 15.5 Å². The molecule has 0 unspecified atom stereocenters. The zero-order valence-corrected chi connectivity index (χ0v) is 15.3. The number of amides is 2. The summed E-state index contributed by atoms with van der Waals surface area (Å²) in [6.07, 6.45) is 1.62. The van der Waals surface area contributed by atoms with Crippen molar-refractivity contribution in [2.75, 3.05) is 31.5 Å². The number of nitrogens with zero attached hydrogens (tertiary/aromatic N) is 1. The molecular weight excluding hydrogens is 310 g/mol. The van der Waals surface area contributed by atoms with Crippen molar-refractivity contribution in [3.8, 4) is 0 Å². The molecule has 1 aromatic heterocycles. The highest BCUT2D eigenvalue weighted by molar-refractivity contribution is 7.16. The Labute approximate surface area is 142 Å². The maximum Gasteiger partial charge on any atom is 0.257 e. The van der Waals surface area contributed by atoms with E-state index in [0.29, 0.717) is 23.7 Å². The molecule has 0 bridgehead atoms. The van der Waals surface area contributed by atoms with Gasteiger partial charge in [0, 0.05) is 37.0 Å². The van der Waals surface area contributed by atoms with E-state index in [2.05, 4.69) is 10.6 Å². The van der Waals surface area contributed by atoms with Crippen molar-refractivity contribution in [3.63, 3.8) is 0 Å². The molecule has 1 aromatic rings. The van der Waals surface area contributed by atoms with E-state index in [0.717, 1.165) is 36.4 Å². The van der Waals surface area contributed by atoms with Crippen LogP contribution >= 0.6 is 11.3 Å². The van der Waals surface area contributed by atoms with Crippen molar-refractivity contribution in [3.05, 3.63) is 16.0 Å². The molecule has 2 amide bonds. The average molecular weight is 337 g/mol. The molecule has 0 aliphatic carbocycles. The largest absolute Gasteiger partial charge is 0.336 e. The second-order valence-electron chi connectivity index (χ2n) is 6.03. The number of anilines is 1. The highest BCUT2D eigenvalue weighted by atomic mass is 32.1. The molecule has 0 spiro atoms. The molecule has 0 atom stereocenters. The average Bonchev–Trinajstić information content (AvgIpc) is 2.83. The van der Waals surface area contributed by atoms with Gasteiger partial charge in [0.1, 0.15) is 5.00 Å². The van der Waals surface area contributed by atoms with Gasteiger partial charge in [-0.1, -0.05) is 13.8 Å². The minimum Gasteiger partial charge on any atom is -0.336 e. The van der Waals surface area contributed by atoms with E-state index >= 15 is 0 Å². The first-order chi connectivity index (χ1) is 11.0. The molecule has 2 N–H and O–H groups in total. The van der Waals surface area contributed by atoms with Gasteiger partial charge in [0.05, 0.1) is 5.56 Å². The van der Waals surface area contributed by atoms with E-state index in [1.165, 1.54) is 11.3 Å². The number of hydrogen-bond donors (Lipinski definition) is 2. The van der Waals surface area contributed by atoms with Crippen molar-refractivity contribution in [2.45, 2.75) is 40.5 Å². The highest BCUT2D eigenvalue weighted by Gasteiger charge is 2.27. The Morgan fingerprint density at radius 1 is 1.22 bits per heavy atom. The second-order valence-corrected chi connectivity index (χ2v) is 7.26. The molecule has 6 heteroatoms. The number of nitrogens with one attached hydrogen (secondary N) is 2. The number of thiophene rings is 1. The minimum atomic E-state index is -0.000138. The van der Waals surface area contributed by atoms with E-state index in [9.17, 15) is 9.59 Å². The lowest BCUT2D eigenvalue weighted by atomic mass is 10.0. The first-order valence-corrected chi connectivity index (χ1v) is 9.22. The molecule has 23 heavy (non-hydrogen) atoms. The number of aryl methyl sites for hydroxylation is 1. The Morgan fingerprint density at radius 3 is 2.39 bits per heavy atom. The van der Waals surface area contributed by atoms with Crippen LogP contribution in [0.3, 0.4) is 0 Å². The van der Waals surface area contributed by atoms with Gasteiger partial charge in [-0.2, -0.15) is 0 Å². The zero-order valence-electron chi connectivity index (χ0n) is 14.5. The molecule has 128 valence electrons. The van der Waals surface area contributed by atoms with E-state index in [1.54, 1.807) is 0 Å². The molecule has 1 fully saturated rings. The number of hydrogen-bond acceptors (Lipinski definition) is 4. The molecule has 2 rings (SSSR count). The molecule has 2 heterocycles. The summed E-state index contributed by atoms with van der Waals surface area (Å²) in [4.78, 5) is 28.3. The summed E-state index contributed by atoms with van der Waals surface area (Å²) in [5.41, 5.74) is 1.66. The molecule has 0 aromatic carbocycles. The summed E-state index contributed by atoms with van der Waals surface area (Å²) in [6, 6.07) is 0. The third-order valence-electron chi connectivity index (χ3n) is 4.60. The van der Waals surface area contributed by atoms with E-state index in [-0.39, 0.29) is 17.7 Å². The fraction of sp³-hybridized carbons (Fsp3) is 0.647. The first-order valence-electron chi connectivity index (χ1n) is 8.40. The number of rotatable bonds is 5. The lowest BCUT2D eigenvalue weighted by molar-refractivity contribution is -0.120. The van der Waals surface area contributed by atoms with Crippen LogP contribution < -0.4 is 10.6 Å². The van der Waals surface area contributed by atoms with Gasteiger partial charge in [0.15, 0.2) is 0 Å². The van der Waals surface area contributed by atoms with Crippen LogP contribution in [0, 0.1) is 19.8 Å². The Hall–Kier alpha value is -1.40. The molecule has 0 saturated carbocycles. The summed E-state index contributed by atoms with van der Waals surface area (Å²) in [5.74, 6) is 0.0543. The molecule has 1 aliphatic rings. The normalized spacial score (nSPS) is 15.1. The van der Waals surface area contributed by atoms with Gasteiger partial charge in [-0.15, -0.1) is 11.3 Å². The lowest BCUT2D eigenvalue weighted by Gasteiger charge is -2.28. The Bertz CT molecular complexity index is 573. The fourth-order valence-corrected chi connectivity index (χ4v) is 3.93. The minimum absolute atomic E-state index is 0.000138. The van der Waals surface area contributed by atoms with Crippen LogP contribution in [0.5, 0.6) is 0 Å². The van der Waals surface area contributed by atoms with Crippen molar-refractivity contribution in [2.24, 2.45) is 5.92 Å². The van der Waals surface area contributed by atoms with Crippen LogP contribution in [0.25, 0.3) is 0 Å². The third-order valence-corrected chi connectivity index (χ3v) is 5.72. The van der Waals surface area contributed by atoms with Gasteiger partial charge in [0.25, 0.3) is 5.91 Å². The van der Waals surface area contributed by atoms with Crippen LogP contribution in [0.4, 0.5) is 5.00 Å². The molecule has 1 saturated heterocycles. The first kappa shape index (κ1) is 17.9. The van der Waals surface area contributed by atoms with Gasteiger partial charge in [0.2, 0.25) is 5.91 Å². The molecule has 5 nitrogen and oxygen atoms in total. The van der Waals surface area contributed by atoms with Gasteiger partial charge in [-0.3, -0.25) is 9.59 Å². The van der Waals surface area contributed by atoms with Crippen LogP contribution in [0.15, 0.2) is 0 Å². The summed E-state index contributed by atoms with van der Waals surface area (Å²) >= 11 is 1.50. The predicted octanol–water partition coefficient (Wildman–Crippen LogP) is 2.79. The molecule has 0 radical (unpaired) electrons. The standard InChI is InChI=1S/C17H27N3O2S/c1-5-13(6-2)15(21)19-16-14(11(3)12(4)23-16)17(22)20-9-7-18-8-10-20/h13,18H,5-10H2,1-4H3,(H,19,21). The maximum atomic E-state index is 12.9. The number of carbonyl (C=O) groups is 2. The summed E-state index contributed by atoms with van der Waals surface area (Å²) in [7, 11) is 0. The van der Waals surface area contributed by atoms with Crippen LogP contribution in [-0.2, 0) is 4.79 Å². The Morgan fingerprint density at radius 2 is 1.83 bits per heavy atom. The van der Waals surface area contributed by atoms with Crippen LogP contribution in [0.2, 0.25) is 0 Å². The Kier molecular flexibility index (Phi) is 6.18.